The number of sulfonamides is 1. The number of rotatable bonds is 6. The number of halogens is 2. The van der Waals surface area contributed by atoms with Crippen LogP contribution in [0, 0.1) is 6.92 Å². The molecule has 1 amide bonds. The maximum Gasteiger partial charge on any atom is 0.265 e. The van der Waals surface area contributed by atoms with Gasteiger partial charge in [-0.15, -0.1) is 0 Å². The summed E-state index contributed by atoms with van der Waals surface area (Å²) < 4.78 is 32.5. The molecular formula is C24H20Cl2N2O4S. The fraction of sp³-hybridized carbons (Fsp3) is 0.125. The molecule has 0 aliphatic carbocycles. The summed E-state index contributed by atoms with van der Waals surface area (Å²) >= 11 is 12.4. The van der Waals surface area contributed by atoms with Crippen LogP contribution in [0.2, 0.25) is 10.0 Å². The summed E-state index contributed by atoms with van der Waals surface area (Å²) in [5.41, 5.74) is 3.84. The molecule has 0 bridgehead atoms. The zero-order chi connectivity index (χ0) is 23.8. The first-order valence-electron chi connectivity index (χ1n) is 9.94. The van der Waals surface area contributed by atoms with Gasteiger partial charge in [-0.2, -0.15) is 0 Å². The second kappa shape index (κ2) is 9.09. The molecule has 0 atom stereocenters. The highest BCUT2D eigenvalue weighted by molar-refractivity contribution is 7.90. The predicted molar refractivity (Wildman–Crippen MR) is 130 cm³/mol. The number of aromatic amines is 1. The SMILES string of the molecule is COc1ccc(S(=O)(=O)NC(=O)c2ccc3[nH]c(C)c(Cc4ccc(Cl)cc4Cl)c3c2)cc1. The second-order valence-corrected chi connectivity index (χ2v) is 10.0. The van der Waals surface area contributed by atoms with Crippen molar-refractivity contribution in [1.82, 2.24) is 9.71 Å². The molecule has 2 N–H and O–H groups in total. The summed E-state index contributed by atoms with van der Waals surface area (Å²) in [6.07, 6.45) is 0.525. The van der Waals surface area contributed by atoms with Crippen molar-refractivity contribution in [2.24, 2.45) is 0 Å². The minimum atomic E-state index is -4.04. The fourth-order valence-corrected chi connectivity index (χ4v) is 5.05. The first-order chi connectivity index (χ1) is 15.7. The van der Waals surface area contributed by atoms with E-state index in [2.05, 4.69) is 9.71 Å². The Morgan fingerprint density at radius 2 is 1.76 bits per heavy atom. The van der Waals surface area contributed by atoms with Crippen molar-refractivity contribution in [1.29, 1.82) is 0 Å². The Hall–Kier alpha value is -3.00. The number of fused-ring (bicyclic) bond motifs is 1. The number of carbonyl (C=O) groups excluding carboxylic acids is 1. The second-order valence-electron chi connectivity index (χ2n) is 7.51. The number of ether oxygens (including phenoxy) is 1. The van der Waals surface area contributed by atoms with Crippen molar-refractivity contribution in [2.75, 3.05) is 7.11 Å². The molecule has 0 saturated heterocycles. The van der Waals surface area contributed by atoms with Crippen LogP contribution < -0.4 is 9.46 Å². The minimum Gasteiger partial charge on any atom is -0.497 e. The van der Waals surface area contributed by atoms with Crippen LogP contribution in [0.3, 0.4) is 0 Å². The lowest BCUT2D eigenvalue weighted by Gasteiger charge is -2.09. The molecule has 0 radical (unpaired) electrons. The van der Waals surface area contributed by atoms with Gasteiger partial charge < -0.3 is 9.72 Å². The van der Waals surface area contributed by atoms with Gasteiger partial charge in [0.2, 0.25) is 0 Å². The molecule has 4 aromatic rings. The number of nitrogens with one attached hydrogen (secondary N) is 2. The number of benzene rings is 3. The van der Waals surface area contributed by atoms with Gasteiger partial charge in [0.05, 0.1) is 12.0 Å². The van der Waals surface area contributed by atoms with Crippen LogP contribution in [0.4, 0.5) is 0 Å². The van der Waals surface area contributed by atoms with Crippen molar-refractivity contribution < 1.29 is 17.9 Å². The zero-order valence-electron chi connectivity index (χ0n) is 17.8. The van der Waals surface area contributed by atoms with Crippen LogP contribution >= 0.6 is 23.2 Å². The van der Waals surface area contributed by atoms with Gasteiger partial charge in [-0.3, -0.25) is 4.79 Å². The van der Waals surface area contributed by atoms with Gasteiger partial charge in [0.1, 0.15) is 5.75 Å². The summed E-state index contributed by atoms with van der Waals surface area (Å²) in [4.78, 5) is 16.1. The molecule has 1 heterocycles. The van der Waals surface area contributed by atoms with Gasteiger partial charge in [0.15, 0.2) is 0 Å². The molecule has 33 heavy (non-hydrogen) atoms. The smallest absolute Gasteiger partial charge is 0.265 e. The van der Waals surface area contributed by atoms with E-state index in [1.807, 2.05) is 13.0 Å². The third-order valence-corrected chi connectivity index (χ3v) is 7.29. The fourth-order valence-electron chi connectivity index (χ4n) is 3.60. The van der Waals surface area contributed by atoms with Gasteiger partial charge >= 0.3 is 0 Å². The summed E-state index contributed by atoms with van der Waals surface area (Å²) in [6.45, 7) is 1.94. The van der Waals surface area contributed by atoms with Crippen LogP contribution in [0.15, 0.2) is 65.6 Å². The highest BCUT2D eigenvalue weighted by atomic mass is 35.5. The largest absolute Gasteiger partial charge is 0.497 e. The predicted octanol–water partition coefficient (Wildman–Crippen LogP) is 5.50. The lowest BCUT2D eigenvalue weighted by Crippen LogP contribution is -2.30. The first-order valence-corrected chi connectivity index (χ1v) is 12.2. The lowest BCUT2D eigenvalue weighted by atomic mass is 10.0. The highest BCUT2D eigenvalue weighted by Crippen LogP contribution is 2.29. The third kappa shape index (κ3) is 4.85. The molecule has 0 spiro atoms. The van der Waals surface area contributed by atoms with Crippen molar-refractivity contribution in [3.05, 3.63) is 93.1 Å². The molecule has 4 rings (SSSR count). The van der Waals surface area contributed by atoms with E-state index >= 15 is 0 Å². The summed E-state index contributed by atoms with van der Waals surface area (Å²) in [6, 6.07) is 16.1. The standard InChI is InChI=1S/C24H20Cl2N2O4S/c1-14-20(11-15-3-5-17(25)13-22(15)26)21-12-16(4-10-23(21)27-14)24(29)28-33(30,31)19-8-6-18(32-2)7-9-19/h3-10,12-13,27H,11H2,1-2H3,(H,28,29). The Morgan fingerprint density at radius 1 is 1.03 bits per heavy atom. The van der Waals surface area contributed by atoms with Crippen LogP contribution in [-0.4, -0.2) is 26.4 Å². The number of methoxy groups -OCH3 is 1. The van der Waals surface area contributed by atoms with Gasteiger partial charge in [0.25, 0.3) is 15.9 Å². The van der Waals surface area contributed by atoms with Gasteiger partial charge in [0, 0.05) is 38.6 Å². The number of amides is 1. The average molecular weight is 503 g/mol. The maximum atomic E-state index is 12.8. The first kappa shape index (κ1) is 23.2. The van der Waals surface area contributed by atoms with Gasteiger partial charge in [-0.25, -0.2) is 13.1 Å². The molecule has 170 valence electrons. The van der Waals surface area contributed by atoms with Crippen LogP contribution in [0.1, 0.15) is 27.2 Å². The van der Waals surface area contributed by atoms with Crippen molar-refractivity contribution in [3.8, 4) is 5.75 Å². The maximum absolute atomic E-state index is 12.8. The number of hydrogen-bond acceptors (Lipinski definition) is 4. The van der Waals surface area contributed by atoms with E-state index in [0.29, 0.717) is 22.2 Å². The molecule has 0 aliphatic rings. The molecule has 3 aromatic carbocycles. The van der Waals surface area contributed by atoms with Crippen LogP contribution in [-0.2, 0) is 16.4 Å². The van der Waals surface area contributed by atoms with E-state index in [-0.39, 0.29) is 10.5 Å². The van der Waals surface area contributed by atoms with E-state index in [4.69, 9.17) is 27.9 Å². The van der Waals surface area contributed by atoms with E-state index in [1.165, 1.54) is 31.4 Å². The number of H-pyrrole nitrogens is 1. The van der Waals surface area contributed by atoms with E-state index in [9.17, 15) is 13.2 Å². The summed E-state index contributed by atoms with van der Waals surface area (Å²) in [5.74, 6) is -0.205. The Labute approximate surface area is 201 Å². The highest BCUT2D eigenvalue weighted by Gasteiger charge is 2.20. The molecule has 0 fully saturated rings. The van der Waals surface area contributed by atoms with Crippen molar-refractivity contribution >= 4 is 50.0 Å². The Kier molecular flexibility index (Phi) is 6.38. The number of aromatic nitrogens is 1. The van der Waals surface area contributed by atoms with E-state index in [0.717, 1.165) is 27.7 Å². The lowest BCUT2D eigenvalue weighted by molar-refractivity contribution is 0.0981. The van der Waals surface area contributed by atoms with E-state index < -0.39 is 15.9 Å². The Bertz CT molecular complexity index is 1460. The Balaban J connectivity index is 1.64. The molecule has 6 nitrogen and oxygen atoms in total. The number of aryl methyl sites for hydroxylation is 1. The zero-order valence-corrected chi connectivity index (χ0v) is 20.1. The summed E-state index contributed by atoms with van der Waals surface area (Å²) in [7, 11) is -2.56. The Morgan fingerprint density at radius 3 is 2.42 bits per heavy atom. The topological polar surface area (TPSA) is 88.3 Å². The monoisotopic (exact) mass is 502 g/mol. The number of hydrogen-bond donors (Lipinski definition) is 2. The van der Waals surface area contributed by atoms with Crippen LogP contribution in [0.5, 0.6) is 5.75 Å². The molecule has 9 heteroatoms. The van der Waals surface area contributed by atoms with Crippen molar-refractivity contribution in [3.63, 3.8) is 0 Å². The van der Waals surface area contributed by atoms with Gasteiger partial charge in [-0.1, -0.05) is 29.3 Å². The van der Waals surface area contributed by atoms with E-state index in [1.54, 1.807) is 30.3 Å². The molecule has 1 aromatic heterocycles. The normalized spacial score (nSPS) is 11.5. The molecular weight excluding hydrogens is 483 g/mol. The molecule has 0 unspecified atom stereocenters. The average Bonchev–Trinajstić information content (AvgIpc) is 3.09. The third-order valence-electron chi connectivity index (χ3n) is 5.36. The van der Waals surface area contributed by atoms with Crippen LogP contribution in [0.25, 0.3) is 10.9 Å². The molecule has 0 aliphatic heterocycles. The molecule has 0 saturated carbocycles. The van der Waals surface area contributed by atoms with Gasteiger partial charge in [-0.05, 0) is 72.6 Å². The summed E-state index contributed by atoms with van der Waals surface area (Å²) in [5, 5.41) is 1.92. The minimum absolute atomic E-state index is 0.0340. The quantitative estimate of drug-likeness (QED) is 0.364. The van der Waals surface area contributed by atoms with Crippen molar-refractivity contribution in [2.45, 2.75) is 18.2 Å². The number of carbonyl (C=O) groups is 1.